The fraction of sp³-hybridized carbons (Fsp3) is 0.286. The first kappa shape index (κ1) is 15.5. The first-order valence-electron chi connectivity index (χ1n) is 6.28. The molecule has 1 N–H and O–H groups in total. The van der Waals surface area contributed by atoms with Gasteiger partial charge in [0.15, 0.2) is 11.6 Å². The molecule has 0 radical (unpaired) electrons. The highest BCUT2D eigenvalue weighted by Crippen LogP contribution is 2.38. The van der Waals surface area contributed by atoms with Crippen LogP contribution in [0.5, 0.6) is 11.5 Å². The van der Waals surface area contributed by atoms with Crippen LogP contribution < -0.4 is 14.8 Å². The molecule has 2 rings (SSSR count). The van der Waals surface area contributed by atoms with Gasteiger partial charge >= 0.3 is 0 Å². The summed E-state index contributed by atoms with van der Waals surface area (Å²) < 4.78 is 25.3. The minimum Gasteiger partial charge on any atom is -0.495 e. The van der Waals surface area contributed by atoms with Gasteiger partial charge in [0.1, 0.15) is 22.3 Å². The van der Waals surface area contributed by atoms with E-state index in [1.54, 1.807) is 26.4 Å². The van der Waals surface area contributed by atoms with E-state index in [0.717, 1.165) is 0 Å². The molecule has 1 aromatic carbocycles. The van der Waals surface area contributed by atoms with Gasteiger partial charge in [0.05, 0.1) is 19.9 Å². The Morgan fingerprint density at radius 2 is 1.81 bits per heavy atom. The topological polar surface area (TPSA) is 56.3 Å². The Morgan fingerprint density at radius 1 is 1.19 bits per heavy atom. The van der Waals surface area contributed by atoms with Crippen LogP contribution in [0.2, 0.25) is 0 Å². The molecule has 0 bridgehead atoms. The number of halogens is 2. The molecule has 5 nitrogen and oxygen atoms in total. The quantitative estimate of drug-likeness (QED) is 0.885. The van der Waals surface area contributed by atoms with Gasteiger partial charge in [0.25, 0.3) is 0 Å². The molecule has 0 spiro atoms. The maximum Gasteiger partial charge on any atom is 0.187 e. The van der Waals surface area contributed by atoms with E-state index in [0.29, 0.717) is 33.8 Å². The monoisotopic (exact) mass is 355 g/mol. The summed E-state index contributed by atoms with van der Waals surface area (Å²) in [6.07, 6.45) is 1.83. The summed E-state index contributed by atoms with van der Waals surface area (Å²) >= 11 is 3.38. The first-order chi connectivity index (χ1) is 10.1. The van der Waals surface area contributed by atoms with Crippen molar-refractivity contribution in [3.05, 3.63) is 34.4 Å². The van der Waals surface area contributed by atoms with Crippen molar-refractivity contribution in [2.24, 2.45) is 0 Å². The molecule has 0 unspecified atom stereocenters. The summed E-state index contributed by atoms with van der Waals surface area (Å²) in [5.41, 5.74) is 0.968. The Hall–Kier alpha value is -1.89. The van der Waals surface area contributed by atoms with E-state index in [4.69, 9.17) is 9.47 Å². The van der Waals surface area contributed by atoms with Crippen LogP contribution in [0.15, 0.2) is 22.9 Å². The van der Waals surface area contributed by atoms with Crippen molar-refractivity contribution in [3.8, 4) is 11.5 Å². The predicted molar refractivity (Wildman–Crippen MR) is 81.9 cm³/mol. The fourth-order valence-corrected chi connectivity index (χ4v) is 2.37. The second-order valence-corrected chi connectivity index (χ2v) is 4.95. The molecular formula is C14H15BrFN3O2. The van der Waals surface area contributed by atoms with Gasteiger partial charge < -0.3 is 14.8 Å². The lowest BCUT2D eigenvalue weighted by molar-refractivity contribution is 0.390. The van der Waals surface area contributed by atoms with E-state index in [2.05, 4.69) is 31.2 Å². The summed E-state index contributed by atoms with van der Waals surface area (Å²) in [7, 11) is 3.09. The van der Waals surface area contributed by atoms with Crippen molar-refractivity contribution >= 4 is 27.4 Å². The molecule has 2 aromatic rings. The number of nitrogens with zero attached hydrogens (tertiary/aromatic N) is 2. The van der Waals surface area contributed by atoms with Crippen molar-refractivity contribution in [3.63, 3.8) is 0 Å². The average molecular weight is 356 g/mol. The molecule has 0 saturated heterocycles. The summed E-state index contributed by atoms with van der Waals surface area (Å²) in [5.74, 6) is 0.804. The van der Waals surface area contributed by atoms with Crippen molar-refractivity contribution in [2.45, 2.75) is 13.3 Å². The molecule has 0 saturated carbocycles. The maximum absolute atomic E-state index is 14.1. The summed E-state index contributed by atoms with van der Waals surface area (Å²) in [4.78, 5) is 7.82. The van der Waals surface area contributed by atoms with Crippen molar-refractivity contribution < 1.29 is 13.9 Å². The summed E-state index contributed by atoms with van der Waals surface area (Å²) in [6, 6.07) is 3.44. The normalized spacial score (nSPS) is 10.3. The number of hydrogen-bond acceptors (Lipinski definition) is 5. The number of methoxy groups -OCH3 is 2. The number of aromatic nitrogens is 2. The van der Waals surface area contributed by atoms with E-state index >= 15 is 0 Å². The Bertz CT molecular complexity index is 627. The number of anilines is 2. The van der Waals surface area contributed by atoms with Gasteiger partial charge in [-0.25, -0.2) is 14.4 Å². The average Bonchev–Trinajstić information content (AvgIpc) is 2.50. The van der Waals surface area contributed by atoms with Gasteiger partial charge in [-0.1, -0.05) is 6.92 Å². The third-order valence-corrected chi connectivity index (χ3v) is 3.69. The van der Waals surface area contributed by atoms with Crippen LogP contribution in [-0.2, 0) is 6.42 Å². The molecule has 0 atom stereocenters. The fourth-order valence-electron chi connectivity index (χ4n) is 1.82. The lowest BCUT2D eigenvalue weighted by Gasteiger charge is -2.13. The molecular weight excluding hydrogens is 341 g/mol. The number of nitrogens with one attached hydrogen (secondary N) is 1. The van der Waals surface area contributed by atoms with E-state index < -0.39 is 5.82 Å². The van der Waals surface area contributed by atoms with Crippen LogP contribution in [0, 0.1) is 5.82 Å². The molecule has 0 aliphatic heterocycles. The smallest absolute Gasteiger partial charge is 0.187 e. The van der Waals surface area contributed by atoms with Gasteiger partial charge in [-0.15, -0.1) is 0 Å². The number of aryl methyl sites for hydroxylation is 1. The van der Waals surface area contributed by atoms with Gasteiger partial charge in [-0.3, -0.25) is 0 Å². The SMILES string of the molecule is CCc1ncnc(Nc2cc(OC)c(Br)c(OC)c2)c1F. The van der Waals surface area contributed by atoms with Gasteiger partial charge in [0.2, 0.25) is 0 Å². The van der Waals surface area contributed by atoms with E-state index in [1.807, 2.05) is 6.92 Å². The molecule has 112 valence electrons. The van der Waals surface area contributed by atoms with Crippen molar-refractivity contribution in [2.75, 3.05) is 19.5 Å². The van der Waals surface area contributed by atoms with Crippen LogP contribution in [0.25, 0.3) is 0 Å². The predicted octanol–water partition coefficient (Wildman–Crippen LogP) is 3.70. The lowest BCUT2D eigenvalue weighted by atomic mass is 10.2. The molecule has 21 heavy (non-hydrogen) atoms. The number of ether oxygens (including phenoxy) is 2. The zero-order valence-corrected chi connectivity index (χ0v) is 13.5. The lowest BCUT2D eigenvalue weighted by Crippen LogP contribution is -2.03. The van der Waals surface area contributed by atoms with Crippen LogP contribution in [0.3, 0.4) is 0 Å². The third kappa shape index (κ3) is 3.24. The molecule has 0 aliphatic rings. The Balaban J connectivity index is 2.40. The molecule has 1 aromatic heterocycles. The highest BCUT2D eigenvalue weighted by Gasteiger charge is 2.13. The highest BCUT2D eigenvalue weighted by molar-refractivity contribution is 9.10. The standard InChI is InChI=1S/C14H15BrFN3O2/c1-4-9-13(16)14(18-7-17-9)19-8-5-10(20-2)12(15)11(6-8)21-3/h5-7H,4H2,1-3H3,(H,17,18,19). The number of benzene rings is 1. The van der Waals surface area contributed by atoms with Gasteiger partial charge in [-0.2, -0.15) is 0 Å². The number of rotatable bonds is 5. The summed E-state index contributed by atoms with van der Waals surface area (Å²) in [6.45, 7) is 1.83. The second-order valence-electron chi connectivity index (χ2n) is 4.16. The van der Waals surface area contributed by atoms with E-state index in [-0.39, 0.29) is 5.82 Å². The van der Waals surface area contributed by atoms with Gasteiger partial charge in [-0.05, 0) is 22.4 Å². The van der Waals surface area contributed by atoms with E-state index in [1.165, 1.54) is 6.33 Å². The second kappa shape index (κ2) is 6.71. The number of hydrogen-bond donors (Lipinski definition) is 1. The Kier molecular flexibility index (Phi) is 4.95. The van der Waals surface area contributed by atoms with Gasteiger partial charge in [0, 0.05) is 17.8 Å². The van der Waals surface area contributed by atoms with Crippen LogP contribution in [-0.4, -0.2) is 24.2 Å². The molecule has 0 amide bonds. The Morgan fingerprint density at radius 3 is 2.33 bits per heavy atom. The van der Waals surface area contributed by atoms with Crippen LogP contribution >= 0.6 is 15.9 Å². The highest BCUT2D eigenvalue weighted by atomic mass is 79.9. The van der Waals surface area contributed by atoms with Crippen molar-refractivity contribution in [1.82, 2.24) is 9.97 Å². The molecule has 0 aliphatic carbocycles. The first-order valence-corrected chi connectivity index (χ1v) is 7.07. The molecule has 7 heteroatoms. The minimum absolute atomic E-state index is 0.119. The van der Waals surface area contributed by atoms with Crippen LogP contribution in [0.1, 0.15) is 12.6 Å². The molecule has 0 fully saturated rings. The summed E-state index contributed by atoms with van der Waals surface area (Å²) in [5, 5.41) is 2.92. The largest absolute Gasteiger partial charge is 0.495 e. The zero-order valence-electron chi connectivity index (χ0n) is 11.9. The van der Waals surface area contributed by atoms with Crippen molar-refractivity contribution in [1.29, 1.82) is 0 Å². The zero-order chi connectivity index (χ0) is 15.4. The third-order valence-electron chi connectivity index (χ3n) is 2.90. The minimum atomic E-state index is -0.458. The van der Waals surface area contributed by atoms with Crippen LogP contribution in [0.4, 0.5) is 15.9 Å². The Labute approximate surface area is 130 Å². The maximum atomic E-state index is 14.1. The molecule has 1 heterocycles. The van der Waals surface area contributed by atoms with E-state index in [9.17, 15) is 4.39 Å².